The van der Waals surface area contributed by atoms with Gasteiger partial charge in [0.15, 0.2) is 0 Å². The molecule has 2 aliphatic rings. The lowest BCUT2D eigenvalue weighted by Gasteiger charge is -2.13. The largest absolute Gasteiger partial charge is 0.691 e. The average molecular weight is 463 g/mol. The second kappa shape index (κ2) is 13.7. The van der Waals surface area contributed by atoms with Crippen molar-refractivity contribution in [1.82, 2.24) is 10.1 Å². The first-order valence-electron chi connectivity index (χ1n) is 9.45. The van der Waals surface area contributed by atoms with Gasteiger partial charge in [0.25, 0.3) is 23.6 Å². The molecular weight excluding hydrogens is 440 g/mol. The fourth-order valence-corrected chi connectivity index (χ4v) is 2.96. The Labute approximate surface area is 181 Å². The highest BCUT2D eigenvalue weighted by molar-refractivity contribution is 7.96. The molecule has 2 fully saturated rings. The van der Waals surface area contributed by atoms with Gasteiger partial charge in [0.2, 0.25) is 0 Å². The number of nitrogens with zero attached hydrogens (tertiary/aromatic N) is 2. The molecule has 0 aromatic rings. The summed E-state index contributed by atoms with van der Waals surface area (Å²) in [4.78, 5) is 75.6. The van der Waals surface area contributed by atoms with Crippen molar-refractivity contribution < 1.29 is 53.1 Å². The normalized spacial score (nSPS) is 18.2. The number of hydroxylamine groups is 4. The molecule has 0 aromatic carbocycles. The number of carbonyl (C=O) groups excluding carboxylic acids is 6. The van der Waals surface area contributed by atoms with E-state index in [1.807, 2.05) is 6.92 Å². The molecule has 174 valence electrons. The molecule has 14 heteroatoms. The van der Waals surface area contributed by atoms with Gasteiger partial charge in [0, 0.05) is 38.2 Å². The first kappa shape index (κ1) is 26.5. The minimum absolute atomic E-state index is 0.131. The molecule has 2 rings (SSSR count). The molecule has 1 unspecified atom stereocenters. The number of hydrogen-bond acceptors (Lipinski definition) is 12. The molecule has 1 atom stereocenters. The van der Waals surface area contributed by atoms with Crippen LogP contribution in [0.5, 0.6) is 0 Å². The lowest BCUT2D eigenvalue weighted by Crippen LogP contribution is -2.34. The summed E-state index contributed by atoms with van der Waals surface area (Å²) >= 11 is 0.413. The summed E-state index contributed by atoms with van der Waals surface area (Å²) in [6.07, 6.45) is 3.79. The van der Waals surface area contributed by atoms with E-state index in [1.54, 1.807) is 0 Å². The van der Waals surface area contributed by atoms with Crippen LogP contribution in [-0.2, 0) is 47.8 Å². The molecule has 13 nitrogen and oxygen atoms in total. The Morgan fingerprint density at radius 2 is 1.65 bits per heavy atom. The van der Waals surface area contributed by atoms with Crippen LogP contribution < -0.4 is 5.26 Å². The lowest BCUT2D eigenvalue weighted by molar-refractivity contribution is -0.777. The monoisotopic (exact) mass is 463 g/mol. The second-order valence-corrected chi connectivity index (χ2v) is 7.29. The van der Waals surface area contributed by atoms with Crippen LogP contribution in [0, 0.1) is 0 Å². The average Bonchev–Trinajstić information content (AvgIpc) is 3.17. The van der Waals surface area contributed by atoms with Crippen molar-refractivity contribution in [2.24, 2.45) is 0 Å². The standard InChI is InChI=1S/C11H17NO7S.C6H7NO4/c1-2-3-4-5-6-10(14)17-12-9(13)7-8(11(12)15)20-19-18-16;1-4(8)11-7-5(9)2-3-6(7)10/h8,16H,2-7H2,1H3;2-3H2,1H3/p-1. The number of carbonyl (C=O) groups is 6. The molecule has 2 aliphatic heterocycles. The second-order valence-electron chi connectivity index (χ2n) is 6.39. The fourth-order valence-electron chi connectivity index (χ4n) is 2.45. The fraction of sp³-hybridized carbons (Fsp3) is 0.647. The molecule has 0 N–H and O–H groups in total. The topological polar surface area (TPSA) is 169 Å². The van der Waals surface area contributed by atoms with Crippen LogP contribution in [0.3, 0.4) is 0 Å². The quantitative estimate of drug-likeness (QED) is 0.140. The maximum atomic E-state index is 11.7. The highest BCUT2D eigenvalue weighted by atomic mass is 32.2. The van der Waals surface area contributed by atoms with E-state index in [4.69, 9.17) is 4.84 Å². The third kappa shape index (κ3) is 9.00. The predicted molar refractivity (Wildman–Crippen MR) is 97.7 cm³/mol. The predicted octanol–water partition coefficient (Wildman–Crippen LogP) is 0.0277. The highest BCUT2D eigenvalue weighted by Gasteiger charge is 2.43. The van der Waals surface area contributed by atoms with E-state index < -0.39 is 40.8 Å². The van der Waals surface area contributed by atoms with Crippen LogP contribution in [0.15, 0.2) is 0 Å². The van der Waals surface area contributed by atoms with Crippen molar-refractivity contribution in [3.05, 3.63) is 0 Å². The number of rotatable bonds is 10. The van der Waals surface area contributed by atoms with Gasteiger partial charge in [-0.2, -0.15) is 4.33 Å². The van der Waals surface area contributed by atoms with E-state index in [-0.39, 0.29) is 25.7 Å². The Morgan fingerprint density at radius 1 is 1.00 bits per heavy atom. The van der Waals surface area contributed by atoms with Crippen LogP contribution in [0.2, 0.25) is 0 Å². The van der Waals surface area contributed by atoms with Crippen LogP contribution in [-0.4, -0.2) is 50.9 Å². The van der Waals surface area contributed by atoms with Crippen LogP contribution in [0.25, 0.3) is 0 Å². The van der Waals surface area contributed by atoms with Crippen LogP contribution >= 0.6 is 12.0 Å². The summed E-state index contributed by atoms with van der Waals surface area (Å²) in [6.45, 7) is 3.18. The van der Waals surface area contributed by atoms with E-state index in [9.17, 15) is 34.0 Å². The molecule has 31 heavy (non-hydrogen) atoms. The maximum Gasteiger partial charge on any atom is 0.333 e. The molecule has 2 saturated heterocycles. The Bertz CT molecular complexity index is 684. The Morgan fingerprint density at radius 3 is 2.19 bits per heavy atom. The summed E-state index contributed by atoms with van der Waals surface area (Å²) in [5.74, 6) is -3.58. The van der Waals surface area contributed by atoms with Gasteiger partial charge in [0.05, 0.1) is 6.42 Å². The summed E-state index contributed by atoms with van der Waals surface area (Å²) in [7, 11) is 0. The van der Waals surface area contributed by atoms with Gasteiger partial charge in [-0.25, -0.2) is 9.59 Å². The maximum absolute atomic E-state index is 11.7. The zero-order valence-corrected chi connectivity index (χ0v) is 17.8. The Hall–Kier alpha value is -2.55. The van der Waals surface area contributed by atoms with Crippen molar-refractivity contribution in [1.29, 1.82) is 0 Å². The summed E-state index contributed by atoms with van der Waals surface area (Å²) in [5.41, 5.74) is 0. The van der Waals surface area contributed by atoms with E-state index >= 15 is 0 Å². The molecule has 2 heterocycles. The smallest absolute Gasteiger partial charge is 0.333 e. The van der Waals surface area contributed by atoms with Gasteiger partial charge in [-0.05, 0) is 6.42 Å². The third-order valence-corrected chi connectivity index (χ3v) is 4.63. The lowest BCUT2D eigenvalue weighted by atomic mass is 10.2. The highest BCUT2D eigenvalue weighted by Crippen LogP contribution is 2.26. The summed E-state index contributed by atoms with van der Waals surface area (Å²) in [5, 5.41) is 12.8. The van der Waals surface area contributed by atoms with Gasteiger partial charge in [-0.3, -0.25) is 24.2 Å². The molecule has 0 saturated carbocycles. The SMILES string of the molecule is CC(=O)ON1C(=O)CCC1=O.CCCCCCC(=O)ON1C(=O)CC(SOO[O-])C1=O. The zero-order chi connectivity index (χ0) is 23.4. The van der Waals surface area contributed by atoms with Crippen molar-refractivity contribution in [2.75, 3.05) is 0 Å². The minimum Gasteiger partial charge on any atom is -0.691 e. The Balaban J connectivity index is 0.000000367. The minimum atomic E-state index is -0.940. The van der Waals surface area contributed by atoms with Gasteiger partial charge in [-0.1, -0.05) is 26.2 Å². The van der Waals surface area contributed by atoms with Crippen LogP contribution in [0.1, 0.15) is 65.2 Å². The van der Waals surface area contributed by atoms with E-state index in [0.29, 0.717) is 28.6 Å². The number of hydrogen-bond donors (Lipinski definition) is 0. The van der Waals surface area contributed by atoms with Crippen molar-refractivity contribution in [3.8, 4) is 0 Å². The molecule has 0 bridgehead atoms. The third-order valence-electron chi connectivity index (χ3n) is 3.90. The van der Waals surface area contributed by atoms with E-state index in [0.717, 1.165) is 26.2 Å². The molecule has 4 amide bonds. The van der Waals surface area contributed by atoms with E-state index in [2.05, 4.69) is 14.2 Å². The first-order valence-corrected chi connectivity index (χ1v) is 10.3. The molecular formula is C17H23N2O11S-. The van der Waals surface area contributed by atoms with Crippen LogP contribution in [0.4, 0.5) is 0 Å². The van der Waals surface area contributed by atoms with Gasteiger partial charge >= 0.3 is 11.9 Å². The van der Waals surface area contributed by atoms with Crippen molar-refractivity contribution in [3.63, 3.8) is 0 Å². The van der Waals surface area contributed by atoms with E-state index in [1.165, 1.54) is 0 Å². The molecule has 0 aromatic heterocycles. The van der Waals surface area contributed by atoms with Crippen molar-refractivity contribution in [2.45, 2.75) is 70.5 Å². The number of imide groups is 2. The first-order chi connectivity index (χ1) is 14.7. The number of unbranched alkanes of at least 4 members (excludes halogenated alkanes) is 3. The zero-order valence-electron chi connectivity index (χ0n) is 17.0. The molecule has 0 spiro atoms. The summed E-state index contributed by atoms with van der Waals surface area (Å²) < 4.78 is 4.00. The van der Waals surface area contributed by atoms with Gasteiger partial charge in [-0.15, -0.1) is 10.1 Å². The molecule has 0 aliphatic carbocycles. The number of amides is 4. The van der Waals surface area contributed by atoms with Gasteiger partial charge in [0.1, 0.15) is 5.25 Å². The van der Waals surface area contributed by atoms with Crippen molar-refractivity contribution >= 4 is 47.6 Å². The van der Waals surface area contributed by atoms with Gasteiger partial charge < -0.3 is 14.9 Å². The molecule has 0 radical (unpaired) electrons. The Kier molecular flexibility index (Phi) is 11.7. The summed E-state index contributed by atoms with van der Waals surface area (Å²) in [6, 6.07) is 0.